The lowest BCUT2D eigenvalue weighted by Gasteiger charge is -2.13. The smallest absolute Gasteiger partial charge is 0.313 e. The van der Waals surface area contributed by atoms with Gasteiger partial charge < -0.3 is 14.9 Å². The maximum Gasteiger partial charge on any atom is 0.313 e. The number of aliphatic hydroxyl groups is 2. The van der Waals surface area contributed by atoms with Crippen LogP contribution in [0.15, 0.2) is 0 Å². The summed E-state index contributed by atoms with van der Waals surface area (Å²) < 4.78 is 4.31. The van der Waals surface area contributed by atoms with Crippen LogP contribution >= 0.6 is 0 Å². The monoisotopic (exact) mass is 148 g/mol. The van der Waals surface area contributed by atoms with Crippen LogP contribution in [0, 0.1) is 5.92 Å². The summed E-state index contributed by atoms with van der Waals surface area (Å²) in [5, 5.41) is 17.4. The molecule has 60 valence electrons. The molecule has 0 saturated heterocycles. The maximum atomic E-state index is 10.6. The molecule has 0 spiro atoms. The van der Waals surface area contributed by atoms with Gasteiger partial charge >= 0.3 is 5.97 Å². The molecule has 0 bridgehead atoms. The molecule has 2 N–H and O–H groups in total. The van der Waals surface area contributed by atoms with Crippen molar-refractivity contribution in [2.75, 3.05) is 13.7 Å². The minimum absolute atomic E-state index is 0.385. The van der Waals surface area contributed by atoms with E-state index in [1.165, 1.54) is 14.0 Å². The van der Waals surface area contributed by atoms with Gasteiger partial charge in [0.1, 0.15) is 5.92 Å². The minimum Gasteiger partial charge on any atom is -0.469 e. The fourth-order valence-electron chi connectivity index (χ4n) is 0.575. The van der Waals surface area contributed by atoms with Crippen molar-refractivity contribution in [3.05, 3.63) is 0 Å². The predicted molar refractivity (Wildman–Crippen MR) is 34.3 cm³/mol. The van der Waals surface area contributed by atoms with E-state index in [1.807, 2.05) is 0 Å². The van der Waals surface area contributed by atoms with Crippen LogP contribution in [-0.2, 0) is 9.53 Å². The lowest BCUT2D eigenvalue weighted by Crippen LogP contribution is -2.30. The Labute approximate surface area is 59.4 Å². The fourth-order valence-corrected chi connectivity index (χ4v) is 0.575. The molecule has 0 aromatic heterocycles. The highest BCUT2D eigenvalue weighted by molar-refractivity contribution is 5.72. The first-order chi connectivity index (χ1) is 4.63. The van der Waals surface area contributed by atoms with Gasteiger partial charge in [0.15, 0.2) is 0 Å². The zero-order chi connectivity index (χ0) is 8.15. The van der Waals surface area contributed by atoms with Crippen LogP contribution in [-0.4, -0.2) is 36.0 Å². The second kappa shape index (κ2) is 4.24. The van der Waals surface area contributed by atoms with Crippen LogP contribution in [0.5, 0.6) is 0 Å². The summed E-state index contributed by atoms with van der Waals surface area (Å²) in [5.74, 6) is -1.40. The van der Waals surface area contributed by atoms with Gasteiger partial charge in [-0.1, -0.05) is 0 Å². The molecule has 2 atom stereocenters. The molecular formula is C6H12O4. The number of ether oxygens (including phenoxy) is 1. The molecular weight excluding hydrogens is 136 g/mol. The zero-order valence-electron chi connectivity index (χ0n) is 6.07. The van der Waals surface area contributed by atoms with Crippen molar-refractivity contribution in [2.24, 2.45) is 5.92 Å². The van der Waals surface area contributed by atoms with Crippen LogP contribution in [0.1, 0.15) is 6.92 Å². The molecule has 0 rings (SSSR count). The fraction of sp³-hybridized carbons (Fsp3) is 0.833. The van der Waals surface area contributed by atoms with Crippen molar-refractivity contribution in [2.45, 2.75) is 13.0 Å². The Bertz CT molecular complexity index is 110. The van der Waals surface area contributed by atoms with Gasteiger partial charge in [-0.2, -0.15) is 0 Å². The molecule has 0 amide bonds. The van der Waals surface area contributed by atoms with E-state index in [1.54, 1.807) is 0 Å². The molecule has 1 unspecified atom stereocenters. The van der Waals surface area contributed by atoms with E-state index in [0.717, 1.165) is 0 Å². The lowest BCUT2D eigenvalue weighted by atomic mass is 10.1. The predicted octanol–water partition coefficient (Wildman–Crippen LogP) is -0.851. The Kier molecular flexibility index (Phi) is 3.99. The van der Waals surface area contributed by atoms with Gasteiger partial charge in [-0.3, -0.25) is 4.79 Å². The number of aliphatic hydroxyl groups excluding tert-OH is 2. The summed E-state index contributed by atoms with van der Waals surface area (Å²) in [6, 6.07) is 0. The van der Waals surface area contributed by atoms with Crippen LogP contribution in [0.2, 0.25) is 0 Å². The Morgan fingerprint density at radius 2 is 2.20 bits per heavy atom. The van der Waals surface area contributed by atoms with Crippen molar-refractivity contribution in [3.8, 4) is 0 Å². The third-order valence-electron chi connectivity index (χ3n) is 1.28. The molecule has 0 saturated carbocycles. The number of carbonyl (C=O) groups excluding carboxylic acids is 1. The molecule has 0 radical (unpaired) electrons. The van der Waals surface area contributed by atoms with E-state index < -0.39 is 18.0 Å². The number of esters is 1. The van der Waals surface area contributed by atoms with Crippen molar-refractivity contribution in [3.63, 3.8) is 0 Å². The molecule has 0 aliphatic rings. The van der Waals surface area contributed by atoms with Gasteiger partial charge in [0.05, 0.1) is 19.8 Å². The Morgan fingerprint density at radius 3 is 2.30 bits per heavy atom. The molecule has 0 aromatic rings. The quantitative estimate of drug-likeness (QED) is 0.511. The van der Waals surface area contributed by atoms with Gasteiger partial charge in [-0.05, 0) is 6.92 Å². The largest absolute Gasteiger partial charge is 0.469 e. The molecule has 4 nitrogen and oxygen atoms in total. The third-order valence-corrected chi connectivity index (χ3v) is 1.28. The first kappa shape index (κ1) is 9.39. The van der Waals surface area contributed by atoms with Crippen molar-refractivity contribution >= 4 is 5.97 Å². The average Bonchev–Trinajstić information content (AvgIpc) is 1.88. The van der Waals surface area contributed by atoms with Crippen LogP contribution in [0.25, 0.3) is 0 Å². The second-order valence-electron chi connectivity index (χ2n) is 2.05. The molecule has 4 heteroatoms. The summed E-state index contributed by atoms with van der Waals surface area (Å²) in [6.07, 6.45) is -0.863. The highest BCUT2D eigenvalue weighted by Crippen LogP contribution is 2.03. The minimum atomic E-state index is -0.863. The standard InChI is InChI=1S/C6H12O4/c1-4(8)5(3-7)6(9)10-2/h4-5,7-8H,3H2,1-2H3/t4-,5?/m1/s1. The first-order valence-electron chi connectivity index (χ1n) is 3.00. The van der Waals surface area contributed by atoms with Crippen molar-refractivity contribution in [1.82, 2.24) is 0 Å². The summed E-state index contributed by atoms with van der Waals surface area (Å²) in [5.41, 5.74) is 0. The van der Waals surface area contributed by atoms with E-state index in [2.05, 4.69) is 4.74 Å². The van der Waals surface area contributed by atoms with Gasteiger partial charge in [0, 0.05) is 0 Å². The first-order valence-corrected chi connectivity index (χ1v) is 3.00. The van der Waals surface area contributed by atoms with Crippen molar-refractivity contribution < 1.29 is 19.7 Å². The molecule has 10 heavy (non-hydrogen) atoms. The summed E-state index contributed by atoms with van der Waals surface area (Å²) in [4.78, 5) is 10.6. The molecule has 0 aromatic carbocycles. The van der Waals surface area contributed by atoms with E-state index >= 15 is 0 Å². The highest BCUT2D eigenvalue weighted by Gasteiger charge is 2.22. The number of methoxy groups -OCH3 is 1. The van der Waals surface area contributed by atoms with Gasteiger partial charge in [0.25, 0.3) is 0 Å². The Hall–Kier alpha value is -0.610. The number of rotatable bonds is 3. The molecule has 0 heterocycles. The molecule has 0 aliphatic heterocycles. The van der Waals surface area contributed by atoms with Gasteiger partial charge in [-0.25, -0.2) is 0 Å². The topological polar surface area (TPSA) is 66.8 Å². The Morgan fingerprint density at radius 1 is 1.70 bits per heavy atom. The lowest BCUT2D eigenvalue weighted by molar-refractivity contribution is -0.150. The number of hydrogen-bond donors (Lipinski definition) is 2. The normalized spacial score (nSPS) is 16.0. The maximum absolute atomic E-state index is 10.6. The summed E-state index contributed by atoms with van der Waals surface area (Å²) in [7, 11) is 1.22. The molecule has 0 aliphatic carbocycles. The zero-order valence-corrected chi connectivity index (χ0v) is 6.07. The SMILES string of the molecule is COC(=O)C(CO)[C@@H](C)O. The summed E-state index contributed by atoms with van der Waals surface area (Å²) >= 11 is 0. The van der Waals surface area contributed by atoms with E-state index in [-0.39, 0.29) is 6.61 Å². The van der Waals surface area contributed by atoms with Crippen LogP contribution in [0.4, 0.5) is 0 Å². The van der Waals surface area contributed by atoms with E-state index in [4.69, 9.17) is 10.2 Å². The second-order valence-corrected chi connectivity index (χ2v) is 2.05. The van der Waals surface area contributed by atoms with Crippen molar-refractivity contribution in [1.29, 1.82) is 0 Å². The summed E-state index contributed by atoms with van der Waals surface area (Å²) in [6.45, 7) is 1.04. The highest BCUT2D eigenvalue weighted by atomic mass is 16.5. The van der Waals surface area contributed by atoms with Gasteiger partial charge in [-0.15, -0.1) is 0 Å². The van der Waals surface area contributed by atoms with E-state index in [0.29, 0.717) is 0 Å². The van der Waals surface area contributed by atoms with Crippen LogP contribution in [0.3, 0.4) is 0 Å². The molecule has 0 fully saturated rings. The number of hydrogen-bond acceptors (Lipinski definition) is 4. The van der Waals surface area contributed by atoms with Crippen LogP contribution < -0.4 is 0 Å². The third kappa shape index (κ3) is 2.33. The average molecular weight is 148 g/mol. The Balaban J connectivity index is 3.93. The number of carbonyl (C=O) groups is 1. The van der Waals surface area contributed by atoms with E-state index in [9.17, 15) is 4.79 Å². The van der Waals surface area contributed by atoms with Gasteiger partial charge in [0.2, 0.25) is 0 Å².